The van der Waals surface area contributed by atoms with Crippen molar-refractivity contribution in [3.63, 3.8) is 0 Å². The zero-order valence-corrected chi connectivity index (χ0v) is 11.5. The molecule has 0 atom stereocenters. The van der Waals surface area contributed by atoms with Crippen LogP contribution in [0.2, 0.25) is 0 Å². The lowest BCUT2D eigenvalue weighted by atomic mass is 10.1. The summed E-state index contributed by atoms with van der Waals surface area (Å²) in [5.74, 6) is -0.131. The average Bonchev–Trinajstić information content (AvgIpc) is 2.92. The Labute approximate surface area is 120 Å². The van der Waals surface area contributed by atoms with Gasteiger partial charge in [0.05, 0.1) is 18.6 Å². The van der Waals surface area contributed by atoms with Crippen LogP contribution in [0.1, 0.15) is 12.5 Å². The first-order valence-electron chi connectivity index (χ1n) is 6.08. The Morgan fingerprint density at radius 3 is 2.81 bits per heavy atom. The minimum atomic E-state index is -0.589. The van der Waals surface area contributed by atoms with Crippen LogP contribution >= 0.6 is 0 Å². The Hall–Kier alpha value is -2.77. The molecule has 0 saturated heterocycles. The van der Waals surface area contributed by atoms with E-state index in [2.05, 4.69) is 0 Å². The predicted molar refractivity (Wildman–Crippen MR) is 71.4 cm³/mol. The van der Waals surface area contributed by atoms with Crippen molar-refractivity contribution in [2.45, 2.75) is 6.92 Å². The van der Waals surface area contributed by atoms with E-state index >= 15 is 0 Å². The third-order valence-electron chi connectivity index (χ3n) is 2.69. The highest BCUT2D eigenvalue weighted by Crippen LogP contribution is 2.49. The fourth-order valence-corrected chi connectivity index (χ4v) is 1.86. The molecule has 8 heteroatoms. The second-order valence-electron chi connectivity index (χ2n) is 3.93. The van der Waals surface area contributed by atoms with E-state index in [1.165, 1.54) is 19.3 Å². The molecule has 0 saturated carbocycles. The van der Waals surface area contributed by atoms with Gasteiger partial charge < -0.3 is 18.9 Å². The summed E-state index contributed by atoms with van der Waals surface area (Å²) in [6.45, 7) is 1.79. The highest BCUT2D eigenvalue weighted by Gasteiger charge is 2.31. The molecular weight excluding hydrogens is 282 g/mol. The second kappa shape index (κ2) is 6.12. The van der Waals surface area contributed by atoms with Gasteiger partial charge in [0.15, 0.2) is 5.75 Å². The standard InChI is InChI=1S/C13H13NO7/c1-3-19-10(15)5-4-8-6-9(14(16)17)12-13(11(8)18-2)21-7-20-12/h4-6H,3,7H2,1-2H3/b5-4+. The van der Waals surface area contributed by atoms with Crippen LogP contribution < -0.4 is 14.2 Å². The van der Waals surface area contributed by atoms with Crippen LogP contribution in [0.4, 0.5) is 5.69 Å². The number of benzene rings is 1. The summed E-state index contributed by atoms with van der Waals surface area (Å²) in [6, 6.07) is 1.25. The maximum absolute atomic E-state index is 11.3. The number of fused-ring (bicyclic) bond motifs is 1. The first-order valence-corrected chi connectivity index (χ1v) is 6.08. The van der Waals surface area contributed by atoms with Crippen molar-refractivity contribution in [3.05, 3.63) is 27.8 Å². The smallest absolute Gasteiger partial charge is 0.330 e. The zero-order valence-electron chi connectivity index (χ0n) is 11.5. The molecule has 0 N–H and O–H groups in total. The van der Waals surface area contributed by atoms with Crippen LogP contribution in [0.5, 0.6) is 17.2 Å². The molecule has 112 valence electrons. The van der Waals surface area contributed by atoms with Crippen LogP contribution in [0.3, 0.4) is 0 Å². The van der Waals surface area contributed by atoms with Crippen molar-refractivity contribution in [1.82, 2.24) is 0 Å². The maximum Gasteiger partial charge on any atom is 0.330 e. The molecule has 8 nitrogen and oxygen atoms in total. The number of carbonyl (C=O) groups excluding carboxylic acids is 1. The lowest BCUT2D eigenvalue weighted by molar-refractivity contribution is -0.385. The molecule has 0 unspecified atom stereocenters. The van der Waals surface area contributed by atoms with E-state index in [1.807, 2.05) is 0 Å². The summed E-state index contributed by atoms with van der Waals surface area (Å²) in [5.41, 5.74) is 0.0633. The van der Waals surface area contributed by atoms with Crippen molar-refractivity contribution in [2.75, 3.05) is 20.5 Å². The minimum absolute atomic E-state index is 0.0186. The number of esters is 1. The zero-order chi connectivity index (χ0) is 15.4. The van der Waals surface area contributed by atoms with Gasteiger partial charge >= 0.3 is 11.7 Å². The molecule has 1 aromatic carbocycles. The summed E-state index contributed by atoms with van der Waals surface area (Å²) in [5, 5.41) is 11.1. The fraction of sp³-hybridized carbons (Fsp3) is 0.308. The van der Waals surface area contributed by atoms with Crippen LogP contribution in [0.15, 0.2) is 12.1 Å². The van der Waals surface area contributed by atoms with Gasteiger partial charge in [-0.15, -0.1) is 0 Å². The molecule has 0 radical (unpaired) electrons. The highest BCUT2D eigenvalue weighted by atomic mass is 16.7. The van der Waals surface area contributed by atoms with Gasteiger partial charge in [-0.1, -0.05) is 0 Å². The highest BCUT2D eigenvalue weighted by molar-refractivity contribution is 5.88. The first-order chi connectivity index (χ1) is 10.1. The van der Waals surface area contributed by atoms with Gasteiger partial charge in [0, 0.05) is 17.7 Å². The van der Waals surface area contributed by atoms with Gasteiger partial charge in [-0.2, -0.15) is 0 Å². The number of hydrogen-bond acceptors (Lipinski definition) is 7. The lowest BCUT2D eigenvalue weighted by Gasteiger charge is -2.08. The van der Waals surface area contributed by atoms with Gasteiger partial charge in [-0.25, -0.2) is 4.79 Å². The molecule has 1 aromatic rings. The van der Waals surface area contributed by atoms with Crippen molar-refractivity contribution < 1.29 is 28.7 Å². The van der Waals surface area contributed by atoms with Crippen molar-refractivity contribution in [3.8, 4) is 17.2 Å². The SMILES string of the molecule is CCOC(=O)/C=C/c1cc([N+](=O)[O-])c2c(c1OC)OCO2. The molecule has 1 aliphatic rings. The van der Waals surface area contributed by atoms with E-state index in [0.717, 1.165) is 6.08 Å². The Bertz CT molecular complexity index is 609. The number of methoxy groups -OCH3 is 1. The van der Waals surface area contributed by atoms with E-state index in [0.29, 0.717) is 5.56 Å². The van der Waals surface area contributed by atoms with Crippen molar-refractivity contribution >= 4 is 17.7 Å². The van der Waals surface area contributed by atoms with Crippen LogP contribution in [0, 0.1) is 10.1 Å². The summed E-state index contributed by atoms with van der Waals surface area (Å²) < 4.78 is 20.2. The summed E-state index contributed by atoms with van der Waals surface area (Å²) in [4.78, 5) is 21.8. The molecule has 21 heavy (non-hydrogen) atoms. The van der Waals surface area contributed by atoms with Crippen molar-refractivity contribution in [2.24, 2.45) is 0 Å². The number of nitrogens with zero attached hydrogens (tertiary/aromatic N) is 1. The molecule has 1 aliphatic heterocycles. The number of nitro groups is 1. The molecule has 0 fully saturated rings. The van der Waals surface area contributed by atoms with Gasteiger partial charge in [0.25, 0.3) is 0 Å². The largest absolute Gasteiger partial charge is 0.492 e. The van der Waals surface area contributed by atoms with E-state index < -0.39 is 10.9 Å². The van der Waals surface area contributed by atoms with Crippen LogP contribution in [0.25, 0.3) is 6.08 Å². The van der Waals surface area contributed by atoms with Crippen LogP contribution in [-0.4, -0.2) is 31.4 Å². The summed E-state index contributed by atoms with van der Waals surface area (Å²) in [6.07, 6.45) is 2.53. The maximum atomic E-state index is 11.3. The van der Waals surface area contributed by atoms with Gasteiger partial charge in [-0.05, 0) is 13.0 Å². The topological polar surface area (TPSA) is 97.1 Å². The van der Waals surface area contributed by atoms with E-state index in [1.54, 1.807) is 6.92 Å². The monoisotopic (exact) mass is 295 g/mol. The van der Waals surface area contributed by atoms with Crippen LogP contribution in [-0.2, 0) is 9.53 Å². The lowest BCUT2D eigenvalue weighted by Crippen LogP contribution is -1.99. The molecular formula is C13H13NO7. The molecule has 0 amide bonds. The predicted octanol–water partition coefficient (Wildman–Crippen LogP) is 1.91. The summed E-state index contributed by atoms with van der Waals surface area (Å²) in [7, 11) is 1.39. The van der Waals surface area contributed by atoms with E-state index in [4.69, 9.17) is 18.9 Å². The molecule has 0 aromatic heterocycles. The second-order valence-corrected chi connectivity index (χ2v) is 3.93. The normalized spacial score (nSPS) is 12.5. The Kier molecular flexibility index (Phi) is 4.27. The third kappa shape index (κ3) is 2.88. The Morgan fingerprint density at radius 2 is 2.19 bits per heavy atom. The molecule has 1 heterocycles. The number of nitro benzene ring substituents is 1. The quantitative estimate of drug-likeness (QED) is 0.354. The third-order valence-corrected chi connectivity index (χ3v) is 2.69. The minimum Gasteiger partial charge on any atom is -0.492 e. The summed E-state index contributed by atoms with van der Waals surface area (Å²) >= 11 is 0. The first kappa shape index (κ1) is 14.6. The molecule has 0 bridgehead atoms. The number of carbonyl (C=O) groups is 1. The molecule has 0 spiro atoms. The van der Waals surface area contributed by atoms with Crippen molar-refractivity contribution in [1.29, 1.82) is 0 Å². The Balaban J connectivity index is 2.47. The number of ether oxygens (including phenoxy) is 4. The van der Waals surface area contributed by atoms with E-state index in [9.17, 15) is 14.9 Å². The number of hydrogen-bond donors (Lipinski definition) is 0. The molecule has 0 aliphatic carbocycles. The van der Waals surface area contributed by atoms with Gasteiger partial charge in [0.1, 0.15) is 0 Å². The van der Waals surface area contributed by atoms with Gasteiger partial charge in [0.2, 0.25) is 18.3 Å². The Morgan fingerprint density at radius 1 is 1.48 bits per heavy atom. The number of rotatable bonds is 5. The fourth-order valence-electron chi connectivity index (χ4n) is 1.86. The van der Waals surface area contributed by atoms with E-state index in [-0.39, 0.29) is 36.3 Å². The molecule has 2 rings (SSSR count). The average molecular weight is 295 g/mol. The van der Waals surface area contributed by atoms with Gasteiger partial charge in [-0.3, -0.25) is 10.1 Å².